The van der Waals surface area contributed by atoms with Crippen LogP contribution in [0.1, 0.15) is 50.0 Å². The van der Waals surface area contributed by atoms with Crippen molar-refractivity contribution in [1.29, 1.82) is 0 Å². The van der Waals surface area contributed by atoms with Gasteiger partial charge in [0.2, 0.25) is 0 Å². The second-order valence-electron chi connectivity index (χ2n) is 4.56. The molecule has 1 aromatic rings. The Morgan fingerprint density at radius 1 is 1.56 bits per heavy atom. The highest BCUT2D eigenvalue weighted by molar-refractivity contribution is 5.92. The van der Waals surface area contributed by atoms with E-state index in [2.05, 4.69) is 23.7 Å². The molecule has 0 aromatic carbocycles. The summed E-state index contributed by atoms with van der Waals surface area (Å²) in [6, 6.07) is 0. The number of nitrogens with two attached hydrogens (primary N) is 1. The summed E-state index contributed by atoms with van der Waals surface area (Å²) in [6.07, 6.45) is 6.42. The highest BCUT2D eigenvalue weighted by atomic mass is 16.5. The summed E-state index contributed by atoms with van der Waals surface area (Å²) in [5.74, 6) is 0.0996. The fourth-order valence-corrected chi connectivity index (χ4v) is 1.97. The van der Waals surface area contributed by atoms with E-state index in [0.717, 1.165) is 13.0 Å². The zero-order valence-corrected chi connectivity index (χ0v) is 11.5. The molecule has 0 aliphatic carbocycles. The minimum absolute atomic E-state index is 0.211. The minimum atomic E-state index is -0.479. The summed E-state index contributed by atoms with van der Waals surface area (Å²) < 4.78 is 6.39. The Hall–Kier alpha value is -1.52. The zero-order chi connectivity index (χ0) is 13.5. The Labute approximate surface area is 108 Å². The van der Waals surface area contributed by atoms with Gasteiger partial charge in [0, 0.05) is 12.7 Å². The van der Waals surface area contributed by atoms with E-state index < -0.39 is 5.97 Å². The van der Waals surface area contributed by atoms with Crippen LogP contribution in [0.3, 0.4) is 0 Å². The molecule has 5 nitrogen and oxygen atoms in total. The van der Waals surface area contributed by atoms with Gasteiger partial charge in [0.05, 0.1) is 12.8 Å². The number of hydrogen-bond donors (Lipinski definition) is 1. The summed E-state index contributed by atoms with van der Waals surface area (Å²) in [5, 5.41) is 4.19. The molecule has 5 heteroatoms. The van der Waals surface area contributed by atoms with E-state index in [0.29, 0.717) is 11.6 Å². The first kappa shape index (κ1) is 14.5. The topological polar surface area (TPSA) is 70.1 Å². The van der Waals surface area contributed by atoms with Crippen LogP contribution >= 0.6 is 0 Å². The van der Waals surface area contributed by atoms with E-state index in [9.17, 15) is 4.79 Å². The molecule has 0 saturated heterocycles. The van der Waals surface area contributed by atoms with Crippen LogP contribution in [0.4, 0.5) is 5.69 Å². The van der Waals surface area contributed by atoms with Gasteiger partial charge in [-0.3, -0.25) is 4.68 Å². The van der Waals surface area contributed by atoms with Crippen molar-refractivity contribution in [3.8, 4) is 0 Å². The monoisotopic (exact) mass is 253 g/mol. The minimum Gasteiger partial charge on any atom is -0.464 e. The zero-order valence-electron chi connectivity index (χ0n) is 11.5. The average Bonchev–Trinajstić information content (AvgIpc) is 2.74. The molecule has 1 heterocycles. The van der Waals surface area contributed by atoms with Crippen molar-refractivity contribution < 1.29 is 9.53 Å². The second-order valence-corrected chi connectivity index (χ2v) is 4.56. The largest absolute Gasteiger partial charge is 0.464 e. The van der Waals surface area contributed by atoms with Crippen molar-refractivity contribution in [1.82, 2.24) is 9.78 Å². The van der Waals surface area contributed by atoms with E-state index in [1.807, 2.05) is 0 Å². The standard InChI is InChI=1S/C13H23N3O2/c1-4-6-7-10(5-2)8-16-9-11(14)12(15-16)13(17)18-3/h9-10H,4-8,14H2,1-3H3. The Morgan fingerprint density at radius 2 is 2.28 bits per heavy atom. The van der Waals surface area contributed by atoms with Gasteiger partial charge in [-0.25, -0.2) is 4.79 Å². The van der Waals surface area contributed by atoms with Crippen molar-refractivity contribution in [2.24, 2.45) is 5.92 Å². The lowest BCUT2D eigenvalue weighted by atomic mass is 10.00. The molecule has 102 valence electrons. The number of nitrogens with zero attached hydrogens (tertiary/aromatic N) is 2. The predicted molar refractivity (Wildman–Crippen MR) is 71.3 cm³/mol. The number of methoxy groups -OCH3 is 1. The summed E-state index contributed by atoms with van der Waals surface area (Å²) in [5.41, 5.74) is 6.34. The molecule has 0 radical (unpaired) electrons. The number of ether oxygens (including phenoxy) is 1. The lowest BCUT2D eigenvalue weighted by Crippen LogP contribution is -2.12. The number of rotatable bonds is 7. The van der Waals surface area contributed by atoms with Crippen LogP contribution in [0.5, 0.6) is 0 Å². The van der Waals surface area contributed by atoms with Crippen LogP contribution in [-0.2, 0) is 11.3 Å². The molecule has 2 N–H and O–H groups in total. The van der Waals surface area contributed by atoms with E-state index in [1.54, 1.807) is 10.9 Å². The number of carbonyl (C=O) groups excluding carboxylic acids is 1. The molecular weight excluding hydrogens is 230 g/mol. The molecule has 18 heavy (non-hydrogen) atoms. The van der Waals surface area contributed by atoms with Gasteiger partial charge in [-0.15, -0.1) is 0 Å². The lowest BCUT2D eigenvalue weighted by molar-refractivity contribution is 0.0594. The van der Waals surface area contributed by atoms with Crippen molar-refractivity contribution in [2.75, 3.05) is 12.8 Å². The molecule has 0 aliphatic rings. The Kier molecular flexibility index (Phi) is 5.68. The lowest BCUT2D eigenvalue weighted by Gasteiger charge is -2.13. The van der Waals surface area contributed by atoms with Crippen molar-refractivity contribution in [2.45, 2.75) is 46.1 Å². The molecule has 1 atom stereocenters. The van der Waals surface area contributed by atoms with E-state index in [4.69, 9.17) is 5.73 Å². The number of hydrogen-bond acceptors (Lipinski definition) is 4. The number of anilines is 1. The van der Waals surface area contributed by atoms with E-state index in [-0.39, 0.29) is 5.69 Å². The molecular formula is C13H23N3O2. The summed E-state index contributed by atoms with van der Waals surface area (Å²) in [7, 11) is 1.33. The number of unbranched alkanes of at least 4 members (excludes halogenated alkanes) is 1. The highest BCUT2D eigenvalue weighted by Crippen LogP contribution is 2.17. The van der Waals surface area contributed by atoms with E-state index >= 15 is 0 Å². The molecule has 0 aliphatic heterocycles. The van der Waals surface area contributed by atoms with Gasteiger partial charge in [0.1, 0.15) is 0 Å². The summed E-state index contributed by atoms with van der Waals surface area (Å²) in [4.78, 5) is 11.4. The van der Waals surface area contributed by atoms with Crippen LogP contribution in [0.25, 0.3) is 0 Å². The van der Waals surface area contributed by atoms with Gasteiger partial charge in [-0.1, -0.05) is 33.1 Å². The van der Waals surface area contributed by atoms with Crippen LogP contribution in [0.15, 0.2) is 6.20 Å². The SMILES string of the molecule is CCCCC(CC)Cn1cc(N)c(C(=O)OC)n1. The van der Waals surface area contributed by atoms with Crippen molar-refractivity contribution in [3.63, 3.8) is 0 Å². The fourth-order valence-electron chi connectivity index (χ4n) is 1.97. The Bertz CT molecular complexity index is 388. The maximum atomic E-state index is 11.4. The fraction of sp³-hybridized carbons (Fsp3) is 0.692. The first-order valence-electron chi connectivity index (χ1n) is 6.53. The van der Waals surface area contributed by atoms with Gasteiger partial charge >= 0.3 is 5.97 Å². The van der Waals surface area contributed by atoms with Crippen LogP contribution in [0, 0.1) is 5.92 Å². The molecule has 1 rings (SSSR count). The quantitative estimate of drug-likeness (QED) is 0.758. The van der Waals surface area contributed by atoms with Crippen molar-refractivity contribution >= 4 is 11.7 Å². The summed E-state index contributed by atoms with van der Waals surface area (Å²) in [6.45, 7) is 5.17. The second kappa shape index (κ2) is 7.03. The van der Waals surface area contributed by atoms with Gasteiger partial charge < -0.3 is 10.5 Å². The molecule has 0 fully saturated rings. The van der Waals surface area contributed by atoms with Crippen molar-refractivity contribution in [3.05, 3.63) is 11.9 Å². The highest BCUT2D eigenvalue weighted by Gasteiger charge is 2.16. The predicted octanol–water partition coefficient (Wildman–Crippen LogP) is 2.47. The number of nitrogen functional groups attached to an aromatic ring is 1. The maximum Gasteiger partial charge on any atom is 0.360 e. The Morgan fingerprint density at radius 3 is 2.83 bits per heavy atom. The third-order valence-electron chi connectivity index (χ3n) is 3.16. The van der Waals surface area contributed by atoms with E-state index in [1.165, 1.54) is 26.4 Å². The van der Waals surface area contributed by atoms with Gasteiger partial charge in [0.25, 0.3) is 0 Å². The Balaban J connectivity index is 2.69. The normalized spacial score (nSPS) is 12.4. The van der Waals surface area contributed by atoms with Crippen LogP contribution in [-0.4, -0.2) is 22.9 Å². The number of esters is 1. The third-order valence-corrected chi connectivity index (χ3v) is 3.16. The molecule has 0 spiro atoms. The first-order valence-corrected chi connectivity index (χ1v) is 6.53. The van der Waals surface area contributed by atoms with Gasteiger partial charge in [-0.05, 0) is 12.3 Å². The van der Waals surface area contributed by atoms with Crippen LogP contribution < -0.4 is 5.73 Å². The smallest absolute Gasteiger partial charge is 0.360 e. The summed E-state index contributed by atoms with van der Waals surface area (Å²) >= 11 is 0. The van der Waals surface area contributed by atoms with Crippen LogP contribution in [0.2, 0.25) is 0 Å². The first-order chi connectivity index (χ1) is 8.62. The molecule has 0 bridgehead atoms. The molecule has 0 saturated carbocycles. The molecule has 0 amide bonds. The third kappa shape index (κ3) is 3.75. The van der Waals surface area contributed by atoms with Gasteiger partial charge in [-0.2, -0.15) is 5.10 Å². The van der Waals surface area contributed by atoms with Gasteiger partial charge in [0.15, 0.2) is 5.69 Å². The molecule has 1 unspecified atom stereocenters. The number of aromatic nitrogens is 2. The number of carbonyl (C=O) groups is 1. The average molecular weight is 253 g/mol. The molecule has 1 aromatic heterocycles. The maximum absolute atomic E-state index is 11.4.